The molecule has 8 heteroatoms. The quantitative estimate of drug-likeness (QED) is 0.768. The topological polar surface area (TPSA) is 91.7 Å². The zero-order valence-corrected chi connectivity index (χ0v) is 15.4. The minimum Gasteiger partial charge on any atom is -0.496 e. The van der Waals surface area contributed by atoms with Crippen molar-refractivity contribution >= 4 is 5.91 Å². The molecule has 1 aromatic heterocycles. The molecule has 0 atom stereocenters. The van der Waals surface area contributed by atoms with Crippen LogP contribution >= 0.6 is 0 Å². The summed E-state index contributed by atoms with van der Waals surface area (Å²) in [7, 11) is 4.61. The van der Waals surface area contributed by atoms with Crippen LogP contribution in [-0.2, 0) is 13.1 Å². The van der Waals surface area contributed by atoms with Gasteiger partial charge in [-0.05, 0) is 18.6 Å². The average molecular weight is 361 g/mol. The lowest BCUT2D eigenvalue weighted by atomic mass is 10.1. The zero-order valence-electron chi connectivity index (χ0n) is 15.4. The molecule has 0 radical (unpaired) electrons. The van der Waals surface area contributed by atoms with E-state index in [2.05, 4.69) is 10.4 Å². The van der Waals surface area contributed by atoms with Crippen molar-refractivity contribution < 1.29 is 19.0 Å². The Hall–Kier alpha value is -3.03. The summed E-state index contributed by atoms with van der Waals surface area (Å²) in [5.41, 5.74) is 0.669. The highest BCUT2D eigenvalue weighted by Crippen LogP contribution is 2.34. The number of aryl methyl sites for hydroxylation is 1. The zero-order chi connectivity index (χ0) is 19.1. The van der Waals surface area contributed by atoms with Crippen LogP contribution in [0.3, 0.4) is 0 Å². The number of aromatic nitrogens is 2. The molecular weight excluding hydrogens is 338 g/mol. The molecule has 1 heterocycles. The summed E-state index contributed by atoms with van der Waals surface area (Å²) in [5, 5.41) is 6.87. The second kappa shape index (κ2) is 8.89. The first-order valence-corrected chi connectivity index (χ1v) is 8.19. The van der Waals surface area contributed by atoms with Gasteiger partial charge >= 0.3 is 0 Å². The number of carbonyl (C=O) groups is 1. The van der Waals surface area contributed by atoms with Crippen LogP contribution in [0.5, 0.6) is 17.2 Å². The van der Waals surface area contributed by atoms with Crippen molar-refractivity contribution in [1.82, 2.24) is 15.1 Å². The van der Waals surface area contributed by atoms with Crippen LogP contribution in [0.1, 0.15) is 29.4 Å². The smallest absolute Gasteiger partial charge is 0.271 e. The van der Waals surface area contributed by atoms with Gasteiger partial charge in [0.15, 0.2) is 11.5 Å². The third kappa shape index (κ3) is 4.33. The van der Waals surface area contributed by atoms with Crippen LogP contribution in [-0.4, -0.2) is 37.0 Å². The summed E-state index contributed by atoms with van der Waals surface area (Å²) in [5.74, 6) is 1.25. The second-order valence-electron chi connectivity index (χ2n) is 5.48. The van der Waals surface area contributed by atoms with Gasteiger partial charge in [-0.15, -0.1) is 0 Å². The third-order valence-electron chi connectivity index (χ3n) is 3.76. The first kappa shape index (κ1) is 19.3. The molecule has 0 aliphatic heterocycles. The summed E-state index contributed by atoms with van der Waals surface area (Å²) < 4.78 is 17.1. The summed E-state index contributed by atoms with van der Waals surface area (Å²) in [6, 6.07) is 6.19. The van der Waals surface area contributed by atoms with Crippen molar-refractivity contribution in [2.24, 2.45) is 0 Å². The van der Waals surface area contributed by atoms with Crippen molar-refractivity contribution in [2.75, 3.05) is 21.3 Å². The maximum Gasteiger partial charge on any atom is 0.271 e. The monoisotopic (exact) mass is 361 g/mol. The number of amides is 1. The summed E-state index contributed by atoms with van der Waals surface area (Å²) in [4.78, 5) is 24.1. The van der Waals surface area contributed by atoms with E-state index in [0.717, 1.165) is 12.0 Å². The molecule has 1 amide bonds. The van der Waals surface area contributed by atoms with E-state index in [9.17, 15) is 9.59 Å². The van der Waals surface area contributed by atoms with Gasteiger partial charge in [0.2, 0.25) is 0 Å². The molecule has 1 N–H and O–H groups in total. The number of nitrogens with zero attached hydrogens (tertiary/aromatic N) is 2. The fraction of sp³-hybridized carbons (Fsp3) is 0.389. The van der Waals surface area contributed by atoms with E-state index in [4.69, 9.17) is 14.2 Å². The van der Waals surface area contributed by atoms with Gasteiger partial charge in [0, 0.05) is 30.8 Å². The van der Waals surface area contributed by atoms with E-state index in [-0.39, 0.29) is 23.7 Å². The van der Waals surface area contributed by atoms with Crippen LogP contribution in [0.25, 0.3) is 0 Å². The normalized spacial score (nSPS) is 10.3. The van der Waals surface area contributed by atoms with Gasteiger partial charge in [0.05, 0.1) is 21.3 Å². The van der Waals surface area contributed by atoms with Crippen LogP contribution < -0.4 is 25.1 Å². The predicted octanol–water partition coefficient (Wildman–Crippen LogP) is 1.61. The van der Waals surface area contributed by atoms with Crippen molar-refractivity contribution in [3.05, 3.63) is 45.9 Å². The lowest BCUT2D eigenvalue weighted by Crippen LogP contribution is -2.29. The fourth-order valence-electron chi connectivity index (χ4n) is 2.44. The highest BCUT2D eigenvalue weighted by atomic mass is 16.5. The van der Waals surface area contributed by atoms with E-state index in [1.165, 1.54) is 38.1 Å². The molecule has 0 bridgehead atoms. The standard InChI is InChI=1S/C18H23N3O5/c1-5-8-21-17(22)7-6-13(20-21)18(23)19-11-12-9-15(25-3)16(26-4)10-14(12)24-2/h6-7,9-10H,5,8,11H2,1-4H3,(H,19,23). The van der Waals surface area contributed by atoms with Crippen LogP contribution in [0.4, 0.5) is 0 Å². The van der Waals surface area contributed by atoms with E-state index >= 15 is 0 Å². The highest BCUT2D eigenvalue weighted by Gasteiger charge is 2.14. The molecule has 2 rings (SSSR count). The van der Waals surface area contributed by atoms with E-state index in [1.807, 2.05) is 6.92 Å². The molecular formula is C18H23N3O5. The SMILES string of the molecule is CCCn1nc(C(=O)NCc2cc(OC)c(OC)cc2OC)ccc1=O. The molecule has 26 heavy (non-hydrogen) atoms. The molecule has 0 saturated heterocycles. The largest absolute Gasteiger partial charge is 0.496 e. The molecule has 0 saturated carbocycles. The maximum atomic E-state index is 12.4. The molecule has 140 valence electrons. The van der Waals surface area contributed by atoms with Gasteiger partial charge in [0.1, 0.15) is 11.4 Å². The van der Waals surface area contributed by atoms with Crippen LogP contribution in [0, 0.1) is 0 Å². The molecule has 8 nitrogen and oxygen atoms in total. The van der Waals surface area contributed by atoms with Crippen molar-refractivity contribution in [3.63, 3.8) is 0 Å². The predicted molar refractivity (Wildman–Crippen MR) is 96.1 cm³/mol. The molecule has 0 spiro atoms. The molecule has 0 aliphatic carbocycles. The molecule has 0 unspecified atom stereocenters. The molecule has 2 aromatic rings. The number of nitrogens with one attached hydrogen (secondary N) is 1. The Labute approximate surface area is 151 Å². The summed E-state index contributed by atoms with van der Waals surface area (Å²) >= 11 is 0. The number of rotatable bonds is 8. The van der Waals surface area contributed by atoms with E-state index < -0.39 is 0 Å². The van der Waals surface area contributed by atoms with Gasteiger partial charge in [0.25, 0.3) is 11.5 Å². The van der Waals surface area contributed by atoms with Crippen LogP contribution in [0.15, 0.2) is 29.1 Å². The third-order valence-corrected chi connectivity index (χ3v) is 3.76. The fourth-order valence-corrected chi connectivity index (χ4v) is 2.44. The number of carbonyl (C=O) groups excluding carboxylic acids is 1. The van der Waals surface area contributed by atoms with E-state index in [0.29, 0.717) is 23.8 Å². The van der Waals surface area contributed by atoms with Crippen molar-refractivity contribution in [2.45, 2.75) is 26.4 Å². The Balaban J connectivity index is 2.19. The van der Waals surface area contributed by atoms with Gasteiger partial charge in [-0.3, -0.25) is 9.59 Å². The summed E-state index contributed by atoms with van der Waals surface area (Å²) in [6.07, 6.45) is 0.751. The summed E-state index contributed by atoms with van der Waals surface area (Å²) in [6.45, 7) is 2.60. The maximum absolute atomic E-state index is 12.4. The lowest BCUT2D eigenvalue weighted by molar-refractivity contribution is 0.0943. The first-order chi connectivity index (χ1) is 12.5. The van der Waals surface area contributed by atoms with E-state index in [1.54, 1.807) is 12.1 Å². The second-order valence-corrected chi connectivity index (χ2v) is 5.48. The molecule has 0 fully saturated rings. The van der Waals surface area contributed by atoms with Gasteiger partial charge in [-0.2, -0.15) is 5.10 Å². The minimum absolute atomic E-state index is 0.178. The van der Waals surface area contributed by atoms with Gasteiger partial charge in [-0.25, -0.2) is 4.68 Å². The Morgan fingerprint density at radius 2 is 1.73 bits per heavy atom. The molecule has 1 aromatic carbocycles. The number of methoxy groups -OCH3 is 3. The minimum atomic E-state index is -0.383. The van der Waals surface area contributed by atoms with Crippen molar-refractivity contribution in [3.8, 4) is 17.2 Å². The van der Waals surface area contributed by atoms with Crippen LogP contribution in [0.2, 0.25) is 0 Å². The molecule has 0 aliphatic rings. The van der Waals surface area contributed by atoms with Crippen molar-refractivity contribution in [1.29, 1.82) is 0 Å². The van der Waals surface area contributed by atoms with Gasteiger partial charge < -0.3 is 19.5 Å². The first-order valence-electron chi connectivity index (χ1n) is 8.19. The Morgan fingerprint density at radius 3 is 2.35 bits per heavy atom. The Morgan fingerprint density at radius 1 is 1.08 bits per heavy atom. The Bertz CT molecular complexity index is 832. The Kier molecular flexibility index (Phi) is 6.60. The van der Waals surface area contributed by atoms with Gasteiger partial charge in [-0.1, -0.05) is 6.92 Å². The average Bonchev–Trinajstić information content (AvgIpc) is 2.67. The lowest BCUT2D eigenvalue weighted by Gasteiger charge is -2.14. The number of hydrogen-bond donors (Lipinski definition) is 1. The highest BCUT2D eigenvalue weighted by molar-refractivity contribution is 5.92. The number of ether oxygens (including phenoxy) is 3. The number of hydrogen-bond acceptors (Lipinski definition) is 6. The number of benzene rings is 1.